The number of hydrogen-bond donors (Lipinski definition) is 0. The SMILES string of the molecule is Cn1c(Cl)nc2c1CN(C(=O)CCc1ccc3c(c1)OCO3)CC2. The van der Waals surface area contributed by atoms with Crippen LogP contribution in [0.4, 0.5) is 0 Å². The molecule has 7 heteroatoms. The zero-order valence-corrected chi connectivity index (χ0v) is 14.2. The van der Waals surface area contributed by atoms with Crippen LogP contribution >= 0.6 is 11.6 Å². The van der Waals surface area contributed by atoms with Crippen LogP contribution in [-0.2, 0) is 31.2 Å². The average molecular weight is 348 g/mol. The zero-order valence-electron chi connectivity index (χ0n) is 13.4. The van der Waals surface area contributed by atoms with Crippen LogP contribution in [0.25, 0.3) is 0 Å². The summed E-state index contributed by atoms with van der Waals surface area (Å²) in [4.78, 5) is 18.8. The van der Waals surface area contributed by atoms with E-state index in [1.54, 1.807) is 0 Å². The second kappa shape index (κ2) is 6.02. The van der Waals surface area contributed by atoms with E-state index in [1.807, 2.05) is 34.7 Å². The summed E-state index contributed by atoms with van der Waals surface area (Å²) in [6, 6.07) is 5.83. The average Bonchev–Trinajstić information content (AvgIpc) is 3.17. The van der Waals surface area contributed by atoms with Crippen molar-refractivity contribution >= 4 is 17.5 Å². The number of ether oxygens (including phenoxy) is 2. The third kappa shape index (κ3) is 2.71. The highest BCUT2D eigenvalue weighted by Gasteiger charge is 2.25. The van der Waals surface area contributed by atoms with E-state index in [2.05, 4.69) is 4.98 Å². The molecule has 0 fully saturated rings. The standard InChI is InChI=1S/C17H18ClN3O3/c1-20-13-9-21(7-6-12(13)19-17(20)18)16(22)5-3-11-2-4-14-15(8-11)24-10-23-14/h2,4,8H,3,5-7,9-10H2,1H3. The van der Waals surface area contributed by atoms with Gasteiger partial charge in [0.15, 0.2) is 11.5 Å². The van der Waals surface area contributed by atoms with Crippen molar-refractivity contribution in [2.75, 3.05) is 13.3 Å². The minimum absolute atomic E-state index is 0.149. The summed E-state index contributed by atoms with van der Waals surface area (Å²) in [5, 5.41) is 0.481. The first-order valence-electron chi connectivity index (χ1n) is 7.98. The molecule has 1 amide bonds. The summed E-state index contributed by atoms with van der Waals surface area (Å²) in [5.74, 6) is 1.67. The Balaban J connectivity index is 1.39. The molecule has 126 valence electrons. The highest BCUT2D eigenvalue weighted by molar-refractivity contribution is 6.28. The van der Waals surface area contributed by atoms with Crippen molar-refractivity contribution < 1.29 is 14.3 Å². The van der Waals surface area contributed by atoms with Gasteiger partial charge in [0.05, 0.1) is 17.9 Å². The highest BCUT2D eigenvalue weighted by Crippen LogP contribution is 2.33. The number of rotatable bonds is 3. The molecule has 0 N–H and O–H groups in total. The summed E-state index contributed by atoms with van der Waals surface area (Å²) >= 11 is 6.06. The van der Waals surface area contributed by atoms with E-state index in [1.165, 1.54) is 0 Å². The van der Waals surface area contributed by atoms with Crippen LogP contribution in [0, 0.1) is 0 Å². The fraction of sp³-hybridized carbons (Fsp3) is 0.412. The Kier molecular flexibility index (Phi) is 3.84. The molecule has 24 heavy (non-hydrogen) atoms. The van der Waals surface area contributed by atoms with Crippen molar-refractivity contribution in [2.45, 2.75) is 25.8 Å². The summed E-state index contributed by atoms with van der Waals surface area (Å²) in [7, 11) is 1.88. The van der Waals surface area contributed by atoms with Crippen LogP contribution in [0.5, 0.6) is 11.5 Å². The van der Waals surface area contributed by atoms with Crippen molar-refractivity contribution in [3.63, 3.8) is 0 Å². The fourth-order valence-electron chi connectivity index (χ4n) is 3.17. The Labute approximate surface area is 144 Å². The number of imidazole rings is 1. The molecule has 0 saturated carbocycles. The van der Waals surface area contributed by atoms with Crippen LogP contribution in [-0.4, -0.2) is 33.7 Å². The van der Waals surface area contributed by atoms with E-state index in [-0.39, 0.29) is 12.7 Å². The second-order valence-electron chi connectivity index (χ2n) is 6.09. The summed E-state index contributed by atoms with van der Waals surface area (Å²) < 4.78 is 12.5. The summed E-state index contributed by atoms with van der Waals surface area (Å²) in [6.45, 7) is 1.53. The molecule has 2 aliphatic rings. The van der Waals surface area contributed by atoms with Crippen molar-refractivity contribution in [3.8, 4) is 11.5 Å². The first-order valence-corrected chi connectivity index (χ1v) is 8.36. The van der Waals surface area contributed by atoms with Crippen LogP contribution in [0.2, 0.25) is 5.28 Å². The number of amides is 1. The maximum Gasteiger partial charge on any atom is 0.231 e. The molecule has 0 spiro atoms. The third-order valence-corrected chi connectivity index (χ3v) is 4.96. The molecule has 0 bridgehead atoms. The molecule has 0 saturated heterocycles. The molecule has 0 radical (unpaired) electrons. The van der Waals surface area contributed by atoms with Crippen LogP contribution in [0.3, 0.4) is 0 Å². The third-order valence-electron chi connectivity index (χ3n) is 4.62. The van der Waals surface area contributed by atoms with E-state index in [0.29, 0.717) is 31.2 Å². The lowest BCUT2D eigenvalue weighted by molar-refractivity contribution is -0.132. The van der Waals surface area contributed by atoms with Crippen molar-refractivity contribution in [1.82, 2.24) is 14.5 Å². The lowest BCUT2D eigenvalue weighted by atomic mass is 10.1. The van der Waals surface area contributed by atoms with Gasteiger partial charge >= 0.3 is 0 Å². The first-order chi connectivity index (χ1) is 11.6. The lowest BCUT2D eigenvalue weighted by Crippen LogP contribution is -2.36. The predicted octanol–water partition coefficient (Wildman–Crippen LogP) is 2.32. The van der Waals surface area contributed by atoms with Crippen molar-refractivity contribution in [3.05, 3.63) is 40.4 Å². The molecule has 4 rings (SSSR count). The maximum absolute atomic E-state index is 12.5. The molecule has 6 nitrogen and oxygen atoms in total. The molecule has 1 aromatic carbocycles. The van der Waals surface area contributed by atoms with Gasteiger partial charge in [0.25, 0.3) is 0 Å². The van der Waals surface area contributed by atoms with Crippen LogP contribution < -0.4 is 9.47 Å². The Morgan fingerprint density at radius 3 is 3.04 bits per heavy atom. The molecule has 0 atom stereocenters. The van der Waals surface area contributed by atoms with Crippen molar-refractivity contribution in [1.29, 1.82) is 0 Å². The molecule has 0 aliphatic carbocycles. The van der Waals surface area contributed by atoms with E-state index in [9.17, 15) is 4.79 Å². The van der Waals surface area contributed by atoms with Gasteiger partial charge in [0.1, 0.15) is 0 Å². The highest BCUT2D eigenvalue weighted by atomic mass is 35.5. The first kappa shape index (κ1) is 15.3. The van der Waals surface area contributed by atoms with E-state index in [0.717, 1.165) is 34.9 Å². The minimum atomic E-state index is 0.149. The summed E-state index contributed by atoms with van der Waals surface area (Å²) in [5.41, 5.74) is 3.11. The smallest absolute Gasteiger partial charge is 0.231 e. The van der Waals surface area contributed by atoms with Crippen LogP contribution in [0.15, 0.2) is 18.2 Å². The zero-order chi connectivity index (χ0) is 16.7. The molecule has 0 unspecified atom stereocenters. The minimum Gasteiger partial charge on any atom is -0.454 e. The van der Waals surface area contributed by atoms with Gasteiger partial charge in [0, 0.05) is 26.4 Å². The number of aromatic nitrogens is 2. The topological polar surface area (TPSA) is 56.6 Å². The Bertz CT molecular complexity index is 803. The van der Waals surface area contributed by atoms with E-state index in [4.69, 9.17) is 21.1 Å². The quantitative estimate of drug-likeness (QED) is 0.855. The van der Waals surface area contributed by atoms with E-state index < -0.39 is 0 Å². The fourth-order valence-corrected chi connectivity index (χ4v) is 3.38. The van der Waals surface area contributed by atoms with Gasteiger partial charge in [-0.05, 0) is 35.7 Å². The molecule has 2 aromatic rings. The number of benzene rings is 1. The number of halogens is 1. The lowest BCUT2D eigenvalue weighted by Gasteiger charge is -2.27. The number of aryl methyl sites for hydroxylation is 1. The van der Waals surface area contributed by atoms with Gasteiger partial charge in [-0.2, -0.15) is 0 Å². The molecule has 2 aliphatic heterocycles. The Hall–Kier alpha value is -2.21. The van der Waals surface area contributed by atoms with Crippen LogP contribution in [0.1, 0.15) is 23.4 Å². The number of nitrogens with zero attached hydrogens (tertiary/aromatic N) is 3. The van der Waals surface area contributed by atoms with Gasteiger partial charge in [-0.1, -0.05) is 6.07 Å². The van der Waals surface area contributed by atoms with Gasteiger partial charge in [-0.15, -0.1) is 0 Å². The molecular weight excluding hydrogens is 330 g/mol. The number of carbonyl (C=O) groups is 1. The van der Waals surface area contributed by atoms with E-state index >= 15 is 0 Å². The van der Waals surface area contributed by atoms with Gasteiger partial charge in [-0.25, -0.2) is 4.98 Å². The van der Waals surface area contributed by atoms with Gasteiger partial charge < -0.3 is 18.9 Å². The number of hydrogen-bond acceptors (Lipinski definition) is 4. The Morgan fingerprint density at radius 2 is 2.17 bits per heavy atom. The largest absolute Gasteiger partial charge is 0.454 e. The molecule has 1 aromatic heterocycles. The number of carbonyl (C=O) groups excluding carboxylic acids is 1. The maximum atomic E-state index is 12.5. The monoisotopic (exact) mass is 347 g/mol. The normalized spacial score (nSPS) is 15.5. The van der Waals surface area contributed by atoms with Gasteiger partial charge in [-0.3, -0.25) is 4.79 Å². The Morgan fingerprint density at radius 1 is 1.33 bits per heavy atom. The number of fused-ring (bicyclic) bond motifs is 2. The van der Waals surface area contributed by atoms with Crippen molar-refractivity contribution in [2.24, 2.45) is 7.05 Å². The summed E-state index contributed by atoms with van der Waals surface area (Å²) in [6.07, 6.45) is 1.91. The second-order valence-corrected chi connectivity index (χ2v) is 6.42. The molecular formula is C17H18ClN3O3. The predicted molar refractivity (Wildman–Crippen MR) is 88.2 cm³/mol. The van der Waals surface area contributed by atoms with Gasteiger partial charge in [0.2, 0.25) is 18.0 Å². The molecule has 3 heterocycles.